The Morgan fingerprint density at radius 3 is 2.83 bits per heavy atom. The van der Waals surface area contributed by atoms with Crippen molar-refractivity contribution in [3.63, 3.8) is 0 Å². The van der Waals surface area contributed by atoms with Gasteiger partial charge in [0.05, 0.1) is 12.7 Å². The summed E-state index contributed by atoms with van der Waals surface area (Å²) in [7, 11) is 1.76. The van der Waals surface area contributed by atoms with Crippen LogP contribution in [0.5, 0.6) is 5.88 Å². The monoisotopic (exact) mass is 251 g/mol. The lowest BCUT2D eigenvalue weighted by molar-refractivity contribution is -0.0795. The second kappa shape index (κ2) is 5.10. The largest absolute Gasteiger partial charge is 0.478 e. The summed E-state index contributed by atoms with van der Waals surface area (Å²) in [6.45, 7) is 6.95. The minimum Gasteiger partial charge on any atom is -0.478 e. The van der Waals surface area contributed by atoms with Gasteiger partial charge in [0.2, 0.25) is 5.88 Å². The average Bonchev–Trinajstić information content (AvgIpc) is 2.35. The molecule has 1 heterocycles. The summed E-state index contributed by atoms with van der Waals surface area (Å²) in [5.74, 6) is 1.41. The molecule has 0 radical (unpaired) electrons. The van der Waals surface area contributed by atoms with Gasteiger partial charge < -0.3 is 14.8 Å². The molecule has 0 aromatic carbocycles. The zero-order valence-corrected chi connectivity index (χ0v) is 11.4. The predicted octanol–water partition coefficient (Wildman–Crippen LogP) is 2.10. The van der Waals surface area contributed by atoms with Crippen molar-refractivity contribution in [2.45, 2.75) is 39.3 Å². The molecule has 0 aliphatic heterocycles. The van der Waals surface area contributed by atoms with E-state index in [4.69, 9.17) is 9.47 Å². The highest BCUT2D eigenvalue weighted by Crippen LogP contribution is 2.43. The number of methoxy groups -OCH3 is 1. The van der Waals surface area contributed by atoms with Crippen LogP contribution in [-0.2, 0) is 4.74 Å². The molecule has 1 fully saturated rings. The third-order valence-corrected chi connectivity index (χ3v) is 3.72. The van der Waals surface area contributed by atoms with Crippen molar-refractivity contribution < 1.29 is 9.47 Å². The molecule has 5 nitrogen and oxygen atoms in total. The smallest absolute Gasteiger partial charge is 0.218 e. The Labute approximate surface area is 108 Å². The number of nitrogens with zero attached hydrogens (tertiary/aromatic N) is 2. The molecule has 100 valence electrons. The van der Waals surface area contributed by atoms with E-state index >= 15 is 0 Å². The molecule has 0 saturated heterocycles. The fourth-order valence-corrected chi connectivity index (χ4v) is 2.35. The van der Waals surface area contributed by atoms with Gasteiger partial charge >= 0.3 is 0 Å². The Morgan fingerprint density at radius 2 is 2.22 bits per heavy atom. The van der Waals surface area contributed by atoms with Gasteiger partial charge in [-0.1, -0.05) is 13.8 Å². The SMILES string of the molecule is CCOc1cc(NC2CC(OC)C2(C)C)ncn1. The maximum absolute atomic E-state index is 5.43. The molecule has 1 aromatic heterocycles. The molecular formula is C13H21N3O2. The Balaban J connectivity index is 2.00. The first-order valence-electron chi connectivity index (χ1n) is 6.32. The van der Waals surface area contributed by atoms with Gasteiger partial charge in [0.1, 0.15) is 12.1 Å². The van der Waals surface area contributed by atoms with Crippen LogP contribution in [0, 0.1) is 5.41 Å². The zero-order chi connectivity index (χ0) is 13.2. The van der Waals surface area contributed by atoms with E-state index in [-0.39, 0.29) is 5.41 Å². The fraction of sp³-hybridized carbons (Fsp3) is 0.692. The lowest BCUT2D eigenvalue weighted by atomic mass is 9.64. The van der Waals surface area contributed by atoms with E-state index < -0.39 is 0 Å². The van der Waals surface area contributed by atoms with Gasteiger partial charge in [-0.05, 0) is 13.3 Å². The van der Waals surface area contributed by atoms with Gasteiger partial charge in [-0.3, -0.25) is 0 Å². The van der Waals surface area contributed by atoms with Gasteiger partial charge in [0, 0.05) is 24.6 Å². The first kappa shape index (κ1) is 13.1. The highest BCUT2D eigenvalue weighted by molar-refractivity contribution is 5.40. The Bertz CT molecular complexity index is 409. The maximum atomic E-state index is 5.43. The summed E-state index contributed by atoms with van der Waals surface area (Å²) in [4.78, 5) is 8.27. The van der Waals surface area contributed by atoms with Crippen molar-refractivity contribution in [2.75, 3.05) is 19.0 Å². The van der Waals surface area contributed by atoms with Crippen LogP contribution >= 0.6 is 0 Å². The molecule has 1 N–H and O–H groups in total. The molecule has 0 spiro atoms. The third kappa shape index (κ3) is 2.41. The lowest BCUT2D eigenvalue weighted by Crippen LogP contribution is -2.57. The van der Waals surface area contributed by atoms with Gasteiger partial charge in [-0.2, -0.15) is 0 Å². The number of hydrogen-bond acceptors (Lipinski definition) is 5. The minimum absolute atomic E-state index is 0.117. The molecule has 2 rings (SSSR count). The number of aromatic nitrogens is 2. The standard InChI is InChI=1S/C13H21N3O2/c1-5-18-12-7-11(14-8-15-12)16-9-6-10(17-4)13(9,2)3/h7-10H,5-6H2,1-4H3,(H,14,15,16). The molecule has 5 heteroatoms. The van der Waals surface area contributed by atoms with Crippen LogP contribution in [0.4, 0.5) is 5.82 Å². The first-order valence-corrected chi connectivity index (χ1v) is 6.32. The Morgan fingerprint density at radius 1 is 1.44 bits per heavy atom. The average molecular weight is 251 g/mol. The quantitative estimate of drug-likeness (QED) is 0.868. The zero-order valence-electron chi connectivity index (χ0n) is 11.4. The molecule has 0 bridgehead atoms. The van der Waals surface area contributed by atoms with E-state index in [1.165, 1.54) is 6.33 Å². The number of hydrogen-bond donors (Lipinski definition) is 1. The predicted molar refractivity (Wildman–Crippen MR) is 69.8 cm³/mol. The molecular weight excluding hydrogens is 230 g/mol. The topological polar surface area (TPSA) is 56.3 Å². The van der Waals surface area contributed by atoms with Crippen molar-refractivity contribution in [3.8, 4) is 5.88 Å². The van der Waals surface area contributed by atoms with Crippen molar-refractivity contribution in [1.82, 2.24) is 9.97 Å². The highest BCUT2D eigenvalue weighted by Gasteiger charge is 2.48. The van der Waals surface area contributed by atoms with Crippen molar-refractivity contribution >= 4 is 5.82 Å². The number of nitrogens with one attached hydrogen (secondary N) is 1. The van der Waals surface area contributed by atoms with Gasteiger partial charge in [0.15, 0.2) is 0 Å². The maximum Gasteiger partial charge on any atom is 0.218 e. The molecule has 18 heavy (non-hydrogen) atoms. The number of ether oxygens (including phenoxy) is 2. The Kier molecular flexibility index (Phi) is 3.71. The van der Waals surface area contributed by atoms with Crippen LogP contribution in [0.15, 0.2) is 12.4 Å². The summed E-state index contributed by atoms with van der Waals surface area (Å²) in [5.41, 5.74) is 0.117. The van der Waals surface area contributed by atoms with Crippen LogP contribution in [0.3, 0.4) is 0 Å². The molecule has 1 saturated carbocycles. The van der Waals surface area contributed by atoms with Gasteiger partial charge in [0.25, 0.3) is 0 Å². The minimum atomic E-state index is 0.117. The normalized spacial score (nSPS) is 25.3. The van der Waals surface area contributed by atoms with Crippen molar-refractivity contribution in [1.29, 1.82) is 0 Å². The first-order chi connectivity index (χ1) is 8.57. The van der Waals surface area contributed by atoms with E-state index in [0.29, 0.717) is 24.6 Å². The van der Waals surface area contributed by atoms with Crippen molar-refractivity contribution in [2.24, 2.45) is 5.41 Å². The molecule has 2 unspecified atom stereocenters. The summed E-state index contributed by atoms with van der Waals surface area (Å²) >= 11 is 0. The fourth-order valence-electron chi connectivity index (χ4n) is 2.35. The molecule has 1 aliphatic rings. The van der Waals surface area contributed by atoms with E-state index in [9.17, 15) is 0 Å². The van der Waals surface area contributed by atoms with Gasteiger partial charge in [-0.25, -0.2) is 9.97 Å². The summed E-state index contributed by atoms with van der Waals surface area (Å²) < 4.78 is 10.8. The van der Waals surface area contributed by atoms with E-state index in [1.54, 1.807) is 7.11 Å². The van der Waals surface area contributed by atoms with Crippen LogP contribution in [0.2, 0.25) is 0 Å². The van der Waals surface area contributed by atoms with Crippen LogP contribution in [0.1, 0.15) is 27.2 Å². The third-order valence-electron chi connectivity index (χ3n) is 3.72. The van der Waals surface area contributed by atoms with Crippen LogP contribution in [0.25, 0.3) is 0 Å². The molecule has 0 amide bonds. The molecule has 2 atom stereocenters. The second-order valence-corrected chi connectivity index (χ2v) is 5.15. The lowest BCUT2D eigenvalue weighted by Gasteiger charge is -2.51. The van der Waals surface area contributed by atoms with Crippen LogP contribution in [-0.4, -0.2) is 35.8 Å². The second-order valence-electron chi connectivity index (χ2n) is 5.15. The van der Waals surface area contributed by atoms with E-state index in [0.717, 1.165) is 12.2 Å². The summed E-state index contributed by atoms with van der Waals surface area (Å²) in [6.07, 6.45) is 2.83. The number of rotatable bonds is 5. The summed E-state index contributed by atoms with van der Waals surface area (Å²) in [6, 6.07) is 2.20. The van der Waals surface area contributed by atoms with E-state index in [1.807, 2.05) is 13.0 Å². The summed E-state index contributed by atoms with van der Waals surface area (Å²) in [5, 5.41) is 3.42. The molecule has 1 aromatic rings. The van der Waals surface area contributed by atoms with Crippen molar-refractivity contribution in [3.05, 3.63) is 12.4 Å². The van der Waals surface area contributed by atoms with Crippen LogP contribution < -0.4 is 10.1 Å². The van der Waals surface area contributed by atoms with E-state index in [2.05, 4.69) is 29.1 Å². The molecule has 1 aliphatic carbocycles. The number of anilines is 1. The van der Waals surface area contributed by atoms with Gasteiger partial charge in [-0.15, -0.1) is 0 Å². The highest BCUT2D eigenvalue weighted by atomic mass is 16.5. The Hall–Kier alpha value is -1.36.